The van der Waals surface area contributed by atoms with Gasteiger partial charge in [0, 0.05) is 6.42 Å². The van der Waals surface area contributed by atoms with Gasteiger partial charge in [0.05, 0.1) is 19.8 Å². The van der Waals surface area contributed by atoms with Gasteiger partial charge in [-0.05, 0) is 32.1 Å². The Morgan fingerprint density at radius 3 is 1.86 bits per heavy atom. The lowest BCUT2D eigenvalue weighted by Gasteiger charge is -2.33. The molecule has 29 heavy (non-hydrogen) atoms. The van der Waals surface area contributed by atoms with E-state index in [9.17, 15) is 10.2 Å². The summed E-state index contributed by atoms with van der Waals surface area (Å²) >= 11 is 0. The normalized spacial score (nSPS) is 15.6. The molecule has 0 atom stereocenters. The first-order valence-corrected chi connectivity index (χ1v) is 12.1. The Bertz CT molecular complexity index is 421. The molecule has 5 heteroatoms. The van der Waals surface area contributed by atoms with Gasteiger partial charge >= 0.3 is 0 Å². The van der Waals surface area contributed by atoms with Crippen LogP contribution in [0, 0.1) is 0 Å². The van der Waals surface area contributed by atoms with Crippen LogP contribution in [0.15, 0.2) is 17.1 Å². The third-order valence-electron chi connectivity index (χ3n) is 6.09. The molecule has 0 saturated carbocycles. The molecule has 4 nitrogen and oxygen atoms in total. The van der Waals surface area contributed by atoms with Crippen LogP contribution >= 0.6 is 0 Å². The Balaban J connectivity index is 0.00000784. The standard InChI is InChI=1S/C24H47N2O2.ClH/c1-2-3-4-5-6-7-8-9-10-11-12-13-14-15-16-17-24-25-18-19-26(24,20-22-27)21-23-28;/h9-10,27-28H,2-8,11-23H2,1H3;1H/q+1;/p-1/b10-9-;. The number of hydrogen-bond donors (Lipinski definition) is 2. The summed E-state index contributed by atoms with van der Waals surface area (Å²) in [6, 6.07) is 0. The van der Waals surface area contributed by atoms with Crippen molar-refractivity contribution in [3.8, 4) is 0 Å². The molecule has 0 bridgehead atoms. The van der Waals surface area contributed by atoms with Gasteiger partial charge in [0.1, 0.15) is 19.6 Å². The maximum absolute atomic E-state index is 9.38. The van der Waals surface area contributed by atoms with Gasteiger partial charge in [0.2, 0.25) is 0 Å². The maximum Gasteiger partial charge on any atom is 0.198 e. The summed E-state index contributed by atoms with van der Waals surface area (Å²) in [5, 5.41) is 18.8. The minimum Gasteiger partial charge on any atom is -1.00 e. The van der Waals surface area contributed by atoms with E-state index in [0.717, 1.165) is 24.0 Å². The molecule has 1 heterocycles. The van der Waals surface area contributed by atoms with Gasteiger partial charge in [-0.3, -0.25) is 4.48 Å². The highest BCUT2D eigenvalue weighted by atomic mass is 35.5. The van der Waals surface area contributed by atoms with Crippen molar-refractivity contribution in [3.63, 3.8) is 0 Å². The molecule has 0 amide bonds. The van der Waals surface area contributed by atoms with Gasteiger partial charge in [-0.2, -0.15) is 0 Å². The van der Waals surface area contributed by atoms with Crippen LogP contribution in [0.2, 0.25) is 0 Å². The molecule has 0 saturated heterocycles. The molecule has 0 spiro atoms. The maximum atomic E-state index is 9.38. The Hall–Kier alpha value is -0.420. The summed E-state index contributed by atoms with van der Waals surface area (Å²) in [4.78, 5) is 4.69. The van der Waals surface area contributed by atoms with Crippen LogP contribution in [0.5, 0.6) is 0 Å². The van der Waals surface area contributed by atoms with Crippen molar-refractivity contribution < 1.29 is 27.1 Å². The monoisotopic (exact) mass is 430 g/mol. The fourth-order valence-electron chi connectivity index (χ4n) is 4.30. The average Bonchev–Trinajstić information content (AvgIpc) is 3.07. The number of aliphatic imine (C=N–C) groups is 1. The van der Waals surface area contributed by atoms with Crippen molar-refractivity contribution in [1.29, 1.82) is 0 Å². The third-order valence-corrected chi connectivity index (χ3v) is 6.09. The van der Waals surface area contributed by atoms with E-state index in [2.05, 4.69) is 24.1 Å². The molecule has 0 unspecified atom stereocenters. The molecule has 1 rings (SSSR count). The molecular formula is C24H47ClN2O2. The molecule has 0 aromatic carbocycles. The fourth-order valence-corrected chi connectivity index (χ4v) is 4.30. The zero-order valence-electron chi connectivity index (χ0n) is 19.0. The highest BCUT2D eigenvalue weighted by Crippen LogP contribution is 2.20. The smallest absolute Gasteiger partial charge is 0.198 e. The largest absolute Gasteiger partial charge is 1.00 e. The second kappa shape index (κ2) is 19.5. The second-order valence-electron chi connectivity index (χ2n) is 8.40. The van der Waals surface area contributed by atoms with E-state index in [1.165, 1.54) is 89.3 Å². The second-order valence-corrected chi connectivity index (χ2v) is 8.40. The lowest BCUT2D eigenvalue weighted by molar-refractivity contribution is -0.837. The van der Waals surface area contributed by atoms with Crippen LogP contribution < -0.4 is 12.4 Å². The van der Waals surface area contributed by atoms with E-state index >= 15 is 0 Å². The number of quaternary nitrogens is 1. The Labute approximate surface area is 186 Å². The summed E-state index contributed by atoms with van der Waals surface area (Å²) in [5.41, 5.74) is 0. The number of unbranched alkanes of at least 4 members (excludes halogenated alkanes) is 11. The average molecular weight is 431 g/mol. The van der Waals surface area contributed by atoms with Crippen molar-refractivity contribution in [1.82, 2.24) is 0 Å². The molecule has 0 aliphatic carbocycles. The SMILES string of the molecule is CCCCCCCC/C=C\CCCCCCCC1=NCC[N+]1(CCO)CCO.[Cl-]. The zero-order valence-corrected chi connectivity index (χ0v) is 19.7. The third kappa shape index (κ3) is 12.8. The number of nitrogens with zero attached hydrogens (tertiary/aromatic N) is 2. The summed E-state index contributed by atoms with van der Waals surface area (Å²) in [6.07, 6.45) is 23.0. The van der Waals surface area contributed by atoms with Crippen molar-refractivity contribution in [2.75, 3.05) is 39.4 Å². The molecule has 0 aromatic rings. The number of allylic oxidation sites excluding steroid dienone is 2. The first-order chi connectivity index (χ1) is 13.8. The summed E-state index contributed by atoms with van der Waals surface area (Å²) in [6.45, 7) is 5.81. The van der Waals surface area contributed by atoms with Crippen LogP contribution in [0.1, 0.15) is 96.8 Å². The first kappa shape index (κ1) is 28.6. The molecular weight excluding hydrogens is 384 g/mol. The first-order valence-electron chi connectivity index (χ1n) is 12.1. The van der Waals surface area contributed by atoms with Gasteiger partial charge in [-0.25, -0.2) is 4.99 Å². The van der Waals surface area contributed by atoms with Gasteiger partial charge < -0.3 is 22.6 Å². The van der Waals surface area contributed by atoms with Crippen molar-refractivity contribution in [2.45, 2.75) is 96.8 Å². The number of aliphatic hydroxyl groups is 2. The molecule has 1 aliphatic heterocycles. The fraction of sp³-hybridized carbons (Fsp3) is 0.875. The van der Waals surface area contributed by atoms with E-state index in [4.69, 9.17) is 0 Å². The number of halogens is 1. The minimum absolute atomic E-state index is 0. The molecule has 172 valence electrons. The molecule has 2 N–H and O–H groups in total. The van der Waals surface area contributed by atoms with Crippen molar-refractivity contribution in [3.05, 3.63) is 12.2 Å². The van der Waals surface area contributed by atoms with Gasteiger partial charge in [0.15, 0.2) is 5.84 Å². The molecule has 0 radical (unpaired) electrons. The lowest BCUT2D eigenvalue weighted by atomic mass is 10.1. The van der Waals surface area contributed by atoms with E-state index < -0.39 is 0 Å². The highest BCUT2D eigenvalue weighted by Gasteiger charge is 2.36. The molecule has 0 fully saturated rings. The highest BCUT2D eigenvalue weighted by molar-refractivity contribution is 5.76. The number of rotatable bonds is 19. The Morgan fingerprint density at radius 2 is 1.31 bits per heavy atom. The number of hydrogen-bond acceptors (Lipinski definition) is 3. The molecule has 0 aromatic heterocycles. The zero-order chi connectivity index (χ0) is 20.3. The molecule has 1 aliphatic rings. The van der Waals surface area contributed by atoms with Crippen LogP contribution in [0.3, 0.4) is 0 Å². The van der Waals surface area contributed by atoms with Crippen LogP contribution in [0.4, 0.5) is 0 Å². The topological polar surface area (TPSA) is 52.8 Å². The minimum atomic E-state index is 0. The van der Waals surface area contributed by atoms with E-state index in [-0.39, 0.29) is 25.6 Å². The summed E-state index contributed by atoms with van der Waals surface area (Å²) in [5.74, 6) is 1.21. The van der Waals surface area contributed by atoms with Crippen molar-refractivity contribution in [2.24, 2.45) is 4.99 Å². The Kier molecular flexibility index (Phi) is 19.3. The number of amidine groups is 1. The van der Waals surface area contributed by atoms with Crippen LogP contribution in [0.25, 0.3) is 0 Å². The van der Waals surface area contributed by atoms with Gasteiger partial charge in [0.25, 0.3) is 0 Å². The summed E-state index contributed by atoms with van der Waals surface area (Å²) in [7, 11) is 0. The van der Waals surface area contributed by atoms with Crippen molar-refractivity contribution >= 4 is 5.84 Å². The summed E-state index contributed by atoms with van der Waals surface area (Å²) < 4.78 is 0.719. The van der Waals surface area contributed by atoms with Gasteiger partial charge in [-0.1, -0.05) is 70.4 Å². The quantitative estimate of drug-likeness (QED) is 0.187. The van der Waals surface area contributed by atoms with Crippen LogP contribution in [-0.4, -0.2) is 59.9 Å². The Morgan fingerprint density at radius 1 is 0.793 bits per heavy atom. The van der Waals surface area contributed by atoms with E-state index in [1.54, 1.807) is 0 Å². The van der Waals surface area contributed by atoms with Gasteiger partial charge in [-0.15, -0.1) is 0 Å². The predicted molar refractivity (Wildman–Crippen MR) is 121 cm³/mol. The van der Waals surface area contributed by atoms with Crippen LogP contribution in [-0.2, 0) is 0 Å². The van der Waals surface area contributed by atoms with E-state index in [1.807, 2.05) is 0 Å². The predicted octanol–water partition coefficient (Wildman–Crippen LogP) is 2.24. The lowest BCUT2D eigenvalue weighted by Crippen LogP contribution is -3.00. The number of aliphatic hydroxyl groups excluding tert-OH is 2. The van der Waals surface area contributed by atoms with E-state index in [0.29, 0.717) is 13.1 Å².